The largest absolute Gasteiger partial charge is 0.494 e. The van der Waals surface area contributed by atoms with E-state index in [1.807, 2.05) is 0 Å². The number of hydrogen-bond donors (Lipinski definition) is 0. The van der Waals surface area contributed by atoms with Crippen LogP contribution in [0.2, 0.25) is 0 Å². The SMILES string of the molecule is CCCCCCC1CCC(C(CC2CC=CCC2)c2ccc(OCCCC)cc2)CC1. The molecule has 3 rings (SSSR count). The van der Waals surface area contributed by atoms with Crippen molar-refractivity contribution in [2.24, 2.45) is 17.8 Å². The highest BCUT2D eigenvalue weighted by Gasteiger charge is 2.30. The normalized spacial score (nSPS) is 24.8. The number of rotatable bonds is 13. The molecule has 0 saturated heterocycles. The molecule has 0 heterocycles. The minimum absolute atomic E-state index is 0.738. The Balaban J connectivity index is 1.58. The van der Waals surface area contributed by atoms with E-state index < -0.39 is 0 Å². The van der Waals surface area contributed by atoms with Gasteiger partial charge in [-0.25, -0.2) is 0 Å². The van der Waals surface area contributed by atoms with Gasteiger partial charge in [-0.2, -0.15) is 0 Å². The van der Waals surface area contributed by atoms with Gasteiger partial charge in [0, 0.05) is 0 Å². The molecule has 2 aliphatic carbocycles. The summed E-state index contributed by atoms with van der Waals surface area (Å²) in [6, 6.07) is 9.25. The second kappa shape index (κ2) is 14.0. The van der Waals surface area contributed by atoms with E-state index >= 15 is 0 Å². The fourth-order valence-corrected chi connectivity index (χ4v) is 5.91. The summed E-state index contributed by atoms with van der Waals surface area (Å²) < 4.78 is 5.94. The highest BCUT2D eigenvalue weighted by atomic mass is 16.5. The molecule has 2 unspecified atom stereocenters. The summed E-state index contributed by atoms with van der Waals surface area (Å²) in [4.78, 5) is 0. The van der Waals surface area contributed by atoms with E-state index in [0.29, 0.717) is 0 Å². The van der Waals surface area contributed by atoms with Gasteiger partial charge in [0.2, 0.25) is 0 Å². The van der Waals surface area contributed by atoms with Crippen LogP contribution in [-0.2, 0) is 0 Å². The molecular weight excluding hydrogens is 376 g/mol. The Kier molecular flexibility index (Phi) is 11.0. The van der Waals surface area contributed by atoms with E-state index in [4.69, 9.17) is 4.74 Å². The van der Waals surface area contributed by atoms with Gasteiger partial charge in [0.25, 0.3) is 0 Å². The summed E-state index contributed by atoms with van der Waals surface area (Å²) in [5.74, 6) is 4.54. The second-order valence-electron chi connectivity index (χ2n) is 10.4. The molecule has 1 nitrogen and oxygen atoms in total. The second-order valence-corrected chi connectivity index (χ2v) is 10.4. The van der Waals surface area contributed by atoms with Gasteiger partial charge >= 0.3 is 0 Å². The number of ether oxygens (including phenoxy) is 1. The molecular formula is C30H48O. The van der Waals surface area contributed by atoms with E-state index in [-0.39, 0.29) is 0 Å². The molecule has 1 heteroatoms. The first-order chi connectivity index (χ1) is 15.3. The molecule has 2 atom stereocenters. The molecule has 0 N–H and O–H groups in total. The zero-order valence-electron chi connectivity index (χ0n) is 20.5. The average Bonchev–Trinajstić information content (AvgIpc) is 2.82. The molecule has 0 spiro atoms. The average molecular weight is 425 g/mol. The maximum Gasteiger partial charge on any atom is 0.119 e. The van der Waals surface area contributed by atoms with Crippen LogP contribution >= 0.6 is 0 Å². The van der Waals surface area contributed by atoms with Gasteiger partial charge in [-0.3, -0.25) is 0 Å². The summed E-state index contributed by atoms with van der Waals surface area (Å²) in [6.07, 6.45) is 25.5. The van der Waals surface area contributed by atoms with Crippen molar-refractivity contribution in [2.45, 2.75) is 116 Å². The Morgan fingerprint density at radius 2 is 1.58 bits per heavy atom. The van der Waals surface area contributed by atoms with Crippen molar-refractivity contribution in [2.75, 3.05) is 6.61 Å². The third-order valence-electron chi connectivity index (χ3n) is 7.97. The standard InChI is InChI=1S/C30H48O/c1-3-5-7-9-12-25-15-17-27(18-16-25)30(24-26-13-10-8-11-14-26)28-19-21-29(22-20-28)31-23-6-4-2/h8,10,19-22,25-27,30H,3-7,9,11-18,23-24H2,1-2H3. The summed E-state index contributed by atoms with van der Waals surface area (Å²) >= 11 is 0. The minimum atomic E-state index is 0.738. The van der Waals surface area contributed by atoms with Gasteiger partial charge < -0.3 is 4.74 Å². The van der Waals surface area contributed by atoms with Crippen molar-refractivity contribution in [3.05, 3.63) is 42.0 Å². The third kappa shape index (κ3) is 8.32. The van der Waals surface area contributed by atoms with Crippen molar-refractivity contribution in [3.63, 3.8) is 0 Å². The van der Waals surface area contributed by atoms with Gasteiger partial charge in [-0.15, -0.1) is 0 Å². The summed E-state index contributed by atoms with van der Waals surface area (Å²) in [6.45, 7) is 5.38. The molecule has 1 saturated carbocycles. The number of allylic oxidation sites excluding steroid dienone is 2. The van der Waals surface area contributed by atoms with E-state index in [1.165, 1.54) is 89.9 Å². The quantitative estimate of drug-likeness (QED) is 0.226. The maximum atomic E-state index is 5.94. The zero-order chi connectivity index (χ0) is 21.7. The van der Waals surface area contributed by atoms with Crippen LogP contribution < -0.4 is 4.74 Å². The lowest BCUT2D eigenvalue weighted by Gasteiger charge is -2.36. The van der Waals surface area contributed by atoms with Crippen LogP contribution in [0.25, 0.3) is 0 Å². The molecule has 1 aromatic carbocycles. The Hall–Kier alpha value is -1.24. The van der Waals surface area contributed by atoms with Crippen LogP contribution in [0.5, 0.6) is 5.75 Å². The molecule has 1 fully saturated rings. The molecule has 1 aromatic rings. The molecule has 31 heavy (non-hydrogen) atoms. The van der Waals surface area contributed by atoms with Gasteiger partial charge in [0.1, 0.15) is 5.75 Å². The van der Waals surface area contributed by atoms with Crippen LogP contribution in [0.3, 0.4) is 0 Å². The van der Waals surface area contributed by atoms with Gasteiger partial charge in [-0.05, 0) is 86.3 Å². The summed E-state index contributed by atoms with van der Waals surface area (Å²) in [7, 11) is 0. The van der Waals surface area contributed by atoms with Crippen molar-refractivity contribution < 1.29 is 4.74 Å². The van der Waals surface area contributed by atoms with E-state index in [9.17, 15) is 0 Å². The Labute approximate surface area is 193 Å². The van der Waals surface area contributed by atoms with Crippen LogP contribution in [0.15, 0.2) is 36.4 Å². The van der Waals surface area contributed by atoms with Crippen LogP contribution in [0, 0.1) is 17.8 Å². The zero-order valence-corrected chi connectivity index (χ0v) is 20.5. The molecule has 2 aliphatic rings. The first kappa shape index (κ1) is 24.4. The number of unbranched alkanes of at least 4 members (excludes halogenated alkanes) is 4. The Morgan fingerprint density at radius 1 is 0.806 bits per heavy atom. The van der Waals surface area contributed by atoms with Gasteiger partial charge in [-0.1, -0.05) is 89.5 Å². The predicted octanol–water partition coefficient (Wildman–Crippen LogP) is 9.47. The molecule has 0 amide bonds. The van der Waals surface area contributed by atoms with Crippen LogP contribution in [0.4, 0.5) is 0 Å². The Morgan fingerprint density at radius 3 is 2.26 bits per heavy atom. The lowest BCUT2D eigenvalue weighted by Crippen LogP contribution is -2.23. The fourth-order valence-electron chi connectivity index (χ4n) is 5.91. The highest BCUT2D eigenvalue weighted by molar-refractivity contribution is 5.30. The molecule has 0 aliphatic heterocycles. The highest BCUT2D eigenvalue weighted by Crippen LogP contribution is 2.44. The first-order valence-corrected chi connectivity index (χ1v) is 13.7. The van der Waals surface area contributed by atoms with Gasteiger partial charge in [0.15, 0.2) is 0 Å². The first-order valence-electron chi connectivity index (χ1n) is 13.7. The molecule has 0 aromatic heterocycles. The predicted molar refractivity (Wildman–Crippen MR) is 135 cm³/mol. The maximum absolute atomic E-state index is 5.94. The van der Waals surface area contributed by atoms with Crippen LogP contribution in [-0.4, -0.2) is 6.61 Å². The smallest absolute Gasteiger partial charge is 0.119 e. The molecule has 0 radical (unpaired) electrons. The number of hydrogen-bond acceptors (Lipinski definition) is 1. The third-order valence-corrected chi connectivity index (χ3v) is 7.97. The monoisotopic (exact) mass is 424 g/mol. The van der Waals surface area contributed by atoms with E-state index in [1.54, 1.807) is 5.56 Å². The van der Waals surface area contributed by atoms with Crippen molar-refractivity contribution in [3.8, 4) is 5.75 Å². The van der Waals surface area contributed by atoms with Crippen molar-refractivity contribution in [1.29, 1.82) is 0 Å². The lowest BCUT2D eigenvalue weighted by molar-refractivity contribution is 0.209. The van der Waals surface area contributed by atoms with Crippen LogP contribution in [0.1, 0.15) is 122 Å². The topological polar surface area (TPSA) is 9.23 Å². The Bertz CT molecular complexity index is 608. The summed E-state index contributed by atoms with van der Waals surface area (Å²) in [5, 5.41) is 0. The number of benzene rings is 1. The lowest BCUT2D eigenvalue weighted by atomic mass is 9.69. The van der Waals surface area contributed by atoms with Crippen molar-refractivity contribution >= 4 is 0 Å². The minimum Gasteiger partial charge on any atom is -0.494 e. The van der Waals surface area contributed by atoms with E-state index in [0.717, 1.165) is 42.4 Å². The van der Waals surface area contributed by atoms with Gasteiger partial charge in [0.05, 0.1) is 6.61 Å². The van der Waals surface area contributed by atoms with Crippen molar-refractivity contribution in [1.82, 2.24) is 0 Å². The molecule has 0 bridgehead atoms. The fraction of sp³-hybridized carbons (Fsp3) is 0.733. The van der Waals surface area contributed by atoms with E-state index in [2.05, 4.69) is 50.3 Å². The summed E-state index contributed by atoms with van der Waals surface area (Å²) in [5.41, 5.74) is 1.57. The molecule has 174 valence electrons.